The molecule has 0 bridgehead atoms. The zero-order valence-electron chi connectivity index (χ0n) is 38.2. The van der Waals surface area contributed by atoms with Gasteiger partial charge in [0, 0.05) is 15.9 Å². The summed E-state index contributed by atoms with van der Waals surface area (Å²) in [6.07, 6.45) is 0.813. The molecule has 0 aliphatic rings. The van der Waals surface area contributed by atoms with E-state index in [2.05, 4.69) is 0 Å². The van der Waals surface area contributed by atoms with E-state index in [-0.39, 0.29) is 11.5 Å². The predicted molar refractivity (Wildman–Crippen MR) is 260 cm³/mol. The number of aryl methyl sites for hydroxylation is 1. The Balaban J connectivity index is 0.856. The van der Waals surface area contributed by atoms with Crippen molar-refractivity contribution < 1.29 is 58.6 Å². The number of hydrogen-bond donors (Lipinski definition) is 0. The Kier molecular flexibility index (Phi) is 14.0. The molecule has 0 amide bonds. The van der Waals surface area contributed by atoms with Crippen molar-refractivity contribution in [1.82, 2.24) is 0 Å². The molecule has 0 aromatic heterocycles. The average molecular weight is 999 g/mol. The molecule has 0 heterocycles. The number of rotatable bonds is 15. The van der Waals surface area contributed by atoms with Crippen molar-refractivity contribution in [3.63, 3.8) is 0 Å². The summed E-state index contributed by atoms with van der Waals surface area (Å²) in [5.41, 5.74) is 0.136. The lowest BCUT2D eigenvalue weighted by molar-refractivity contribution is 0.360. The molecule has 9 aromatic carbocycles. The van der Waals surface area contributed by atoms with Crippen molar-refractivity contribution in [2.24, 2.45) is 0 Å². The van der Waals surface area contributed by atoms with Gasteiger partial charge in [0.15, 0.2) is 30.4 Å². The largest absolute Gasteiger partial charge is 0.497 e. The van der Waals surface area contributed by atoms with Crippen molar-refractivity contribution >= 4 is 23.1 Å². The first-order valence-corrected chi connectivity index (χ1v) is 23.9. The molecule has 5 nitrogen and oxygen atoms in total. The van der Waals surface area contributed by atoms with Crippen LogP contribution in [-0.4, -0.2) is 7.11 Å². The normalized spacial score (nSPS) is 12.0. The van der Waals surface area contributed by atoms with Gasteiger partial charge >= 0.3 is 0 Å². The third-order valence-corrected chi connectivity index (χ3v) is 14.9. The first kappa shape index (κ1) is 48.9. The Morgan fingerprint density at radius 2 is 0.639 bits per heavy atom. The molecular weight excluding hydrogens is 960 g/mol. The van der Waals surface area contributed by atoms with Gasteiger partial charge in [-0.25, -0.2) is 17.6 Å². The average Bonchev–Trinajstić information content (AvgIpc) is 3.41. The summed E-state index contributed by atoms with van der Waals surface area (Å²) in [5, 5.41) is 2.08. The second-order valence-electron chi connectivity index (χ2n) is 16.6. The van der Waals surface area contributed by atoms with Crippen LogP contribution in [-0.2, 0) is 17.4 Å². The van der Waals surface area contributed by atoms with Crippen LogP contribution in [0.1, 0.15) is 27.8 Å². The molecule has 0 aliphatic carbocycles. The van der Waals surface area contributed by atoms with Crippen LogP contribution < -0.4 is 34.9 Å². The maximum absolute atomic E-state index is 15.5. The molecule has 9 aromatic rings. The minimum Gasteiger partial charge on any atom is -0.497 e. The molecule has 9 rings (SSSR count). The highest BCUT2D eigenvalue weighted by Gasteiger charge is 2.36. The van der Waals surface area contributed by atoms with Crippen LogP contribution in [0.5, 0.6) is 40.2 Å². The number of benzene rings is 9. The lowest BCUT2D eigenvalue weighted by Crippen LogP contribution is -2.24. The van der Waals surface area contributed by atoms with Gasteiger partial charge in [-0.3, -0.25) is 0 Å². The minimum atomic E-state index is -3.18. The summed E-state index contributed by atoms with van der Waals surface area (Å²) >= 11 is 0. The topological polar surface area (TPSA) is 54.0 Å². The summed E-state index contributed by atoms with van der Waals surface area (Å²) in [5.74, 6) is -20.4. The van der Waals surface area contributed by atoms with Gasteiger partial charge in [0.1, 0.15) is 28.7 Å². The fourth-order valence-electron chi connectivity index (χ4n) is 8.02. The first-order valence-electron chi connectivity index (χ1n) is 22.2. The van der Waals surface area contributed by atoms with E-state index < -0.39 is 76.3 Å². The van der Waals surface area contributed by atoms with Crippen molar-refractivity contribution in [3.05, 3.63) is 250 Å². The van der Waals surface area contributed by atoms with E-state index >= 15 is 35.1 Å². The lowest BCUT2D eigenvalue weighted by Gasteiger charge is -2.20. The number of methoxy groups -OCH3 is 1. The summed E-state index contributed by atoms with van der Waals surface area (Å²) in [4.78, 5) is 0. The third kappa shape index (κ3) is 9.93. The van der Waals surface area contributed by atoms with Crippen molar-refractivity contribution in [1.29, 1.82) is 0 Å². The van der Waals surface area contributed by atoms with Crippen molar-refractivity contribution in [3.8, 4) is 51.4 Å². The molecule has 0 aliphatic heterocycles. The molecule has 0 N–H and O–H groups in total. The van der Waals surface area contributed by atoms with Crippen LogP contribution in [0.3, 0.4) is 0 Å². The Bertz CT molecular complexity index is 3390. The van der Waals surface area contributed by atoms with E-state index in [1.807, 2.05) is 85.8 Å². The zero-order valence-corrected chi connectivity index (χ0v) is 39.1. The Morgan fingerprint density at radius 3 is 0.986 bits per heavy atom. The summed E-state index contributed by atoms with van der Waals surface area (Å²) in [6, 6.07) is 49.6. The molecule has 0 spiro atoms. The fraction of sp³-hybridized carbons (Fsp3) is 0.0690. The smallest absolute Gasteiger partial charge is 0.205 e. The highest BCUT2D eigenvalue weighted by Crippen LogP contribution is 2.45. The van der Waals surface area contributed by atoms with Crippen LogP contribution in [0.15, 0.2) is 176 Å². The highest BCUT2D eigenvalue weighted by molar-refractivity contribution is 7.85. The summed E-state index contributed by atoms with van der Waals surface area (Å²) in [6.45, 7) is 1.97. The van der Waals surface area contributed by atoms with E-state index in [1.54, 1.807) is 48.5 Å². The standard InChI is InChI=1S/C58H39F8O5P/c1-34-8-28-45(29-9-34)72(67,44-6-4-3-5-7-44)46-30-26-41(27-31-46)69-40-20-12-36(13-21-40)33-38-16-24-43(25-17-38)71-58-55(65)51(61)48(52(62)56(58)66)47-49(59)53(63)57(54(64)50(47)60)70-42-22-14-37(15-23-42)32-35-10-18-39(68-2)19-11-35/h3-31H,32-33H2,1-2H3. The van der Waals surface area contributed by atoms with Crippen molar-refractivity contribution in [2.45, 2.75) is 19.8 Å². The predicted octanol–water partition coefficient (Wildman–Crippen LogP) is 15.0. The van der Waals surface area contributed by atoms with Gasteiger partial charge in [-0.05, 0) is 115 Å². The van der Waals surface area contributed by atoms with Gasteiger partial charge in [-0.15, -0.1) is 0 Å². The summed E-state index contributed by atoms with van der Waals surface area (Å²) in [7, 11) is -1.65. The molecule has 362 valence electrons. The highest BCUT2D eigenvalue weighted by atomic mass is 31.2. The van der Waals surface area contributed by atoms with Gasteiger partial charge < -0.3 is 23.5 Å². The van der Waals surface area contributed by atoms with Crippen LogP contribution in [0, 0.1) is 53.5 Å². The van der Waals surface area contributed by atoms with Crippen LogP contribution >= 0.6 is 7.14 Å². The second-order valence-corrected chi connectivity index (χ2v) is 19.4. The number of hydrogen-bond acceptors (Lipinski definition) is 5. The van der Waals surface area contributed by atoms with E-state index in [1.165, 1.54) is 55.6 Å². The van der Waals surface area contributed by atoms with Gasteiger partial charge in [-0.2, -0.15) is 17.6 Å². The number of ether oxygens (including phenoxy) is 4. The molecule has 72 heavy (non-hydrogen) atoms. The van der Waals surface area contributed by atoms with Crippen molar-refractivity contribution in [2.75, 3.05) is 7.11 Å². The molecule has 14 heteroatoms. The molecule has 0 saturated carbocycles. The van der Waals surface area contributed by atoms with Crippen LogP contribution in [0.2, 0.25) is 0 Å². The maximum Gasteiger partial charge on any atom is 0.205 e. The van der Waals surface area contributed by atoms with Gasteiger partial charge in [0.05, 0.1) is 18.2 Å². The molecular formula is C58H39F8O5P. The lowest BCUT2D eigenvalue weighted by atomic mass is 10.0. The van der Waals surface area contributed by atoms with Crippen LogP contribution in [0.25, 0.3) is 11.1 Å². The van der Waals surface area contributed by atoms with E-state index in [0.717, 1.165) is 22.3 Å². The van der Waals surface area contributed by atoms with E-state index in [0.29, 0.717) is 51.6 Å². The fourth-order valence-corrected chi connectivity index (χ4v) is 10.6. The molecule has 0 fully saturated rings. The maximum atomic E-state index is 15.5. The van der Waals surface area contributed by atoms with Gasteiger partial charge in [-0.1, -0.05) is 109 Å². The SMILES string of the molecule is COc1ccc(Cc2ccc(Oc3c(F)c(F)c(-c4c(F)c(F)c(Oc5ccc(Cc6ccc(Oc7ccc(P(=O)(c8ccccc8)c8ccc(C)cc8)cc7)cc6)cc5)c(F)c4F)c(F)c3F)cc2)cc1. The minimum absolute atomic E-state index is 0.255. The van der Waals surface area contributed by atoms with Gasteiger partial charge in [0.2, 0.25) is 34.8 Å². The molecule has 1 atom stereocenters. The van der Waals surface area contributed by atoms with Crippen LogP contribution in [0.4, 0.5) is 35.1 Å². The summed E-state index contributed by atoms with van der Waals surface area (Å²) < 4.78 is 160. The number of halogens is 8. The monoisotopic (exact) mass is 998 g/mol. The molecule has 0 saturated heterocycles. The van der Waals surface area contributed by atoms with E-state index in [4.69, 9.17) is 18.9 Å². The Labute approximate surface area is 408 Å². The third-order valence-electron chi connectivity index (χ3n) is 11.8. The first-order chi connectivity index (χ1) is 34.7. The second kappa shape index (κ2) is 20.7. The van der Waals surface area contributed by atoms with Gasteiger partial charge in [0.25, 0.3) is 0 Å². The zero-order chi connectivity index (χ0) is 50.7. The molecule has 0 radical (unpaired) electrons. The Morgan fingerprint density at radius 1 is 0.347 bits per heavy atom. The quantitative estimate of drug-likeness (QED) is 0.0582. The molecule has 1 unspecified atom stereocenters. The Hall–Kier alpha value is -8.15. The van der Waals surface area contributed by atoms with E-state index in [9.17, 15) is 4.57 Å².